The molecule has 1 amide bonds. The molecule has 0 bridgehead atoms. The molecule has 5 nitrogen and oxygen atoms in total. The van der Waals surface area contributed by atoms with Crippen LogP contribution in [0.25, 0.3) is 0 Å². The lowest BCUT2D eigenvalue weighted by molar-refractivity contribution is 0.0703. The highest BCUT2D eigenvalue weighted by atomic mass is 16.3. The van der Waals surface area contributed by atoms with Crippen molar-refractivity contribution in [1.29, 1.82) is 0 Å². The fourth-order valence-corrected chi connectivity index (χ4v) is 3.29. The van der Waals surface area contributed by atoms with Crippen LogP contribution in [-0.2, 0) is 6.54 Å². The van der Waals surface area contributed by atoms with Gasteiger partial charge >= 0.3 is 0 Å². The largest absolute Gasteiger partial charge is 0.508 e. The summed E-state index contributed by atoms with van der Waals surface area (Å²) in [4.78, 5) is 19.2. The monoisotopic (exact) mass is 313 g/mol. The van der Waals surface area contributed by atoms with Gasteiger partial charge in [0.2, 0.25) is 0 Å². The maximum atomic E-state index is 12.7. The van der Waals surface area contributed by atoms with Crippen molar-refractivity contribution in [3.05, 3.63) is 47.5 Å². The van der Waals surface area contributed by atoms with Gasteiger partial charge in [-0.2, -0.15) is 0 Å². The van der Waals surface area contributed by atoms with Gasteiger partial charge in [0.1, 0.15) is 11.6 Å². The number of aromatic hydroxyl groups is 1. The third kappa shape index (κ3) is 3.09. The highest BCUT2D eigenvalue weighted by molar-refractivity contribution is 5.94. The van der Waals surface area contributed by atoms with Crippen LogP contribution in [0.5, 0.6) is 5.75 Å². The van der Waals surface area contributed by atoms with E-state index in [2.05, 4.69) is 16.5 Å². The number of hydrogen-bond donors (Lipinski definition) is 1. The minimum Gasteiger partial charge on any atom is -0.508 e. The van der Waals surface area contributed by atoms with Crippen LogP contribution in [0.1, 0.15) is 47.4 Å². The lowest BCUT2D eigenvalue weighted by Crippen LogP contribution is -2.39. The smallest absolute Gasteiger partial charge is 0.253 e. The van der Waals surface area contributed by atoms with Crippen LogP contribution in [0.4, 0.5) is 0 Å². The first-order chi connectivity index (χ1) is 11.1. The number of likely N-dealkylation sites (tertiary alicyclic amines) is 1. The van der Waals surface area contributed by atoms with Gasteiger partial charge in [-0.1, -0.05) is 0 Å². The third-order valence-corrected chi connectivity index (χ3v) is 4.61. The lowest BCUT2D eigenvalue weighted by Gasteiger charge is -2.32. The number of phenols is 1. The first-order valence-electron chi connectivity index (χ1n) is 8.20. The normalized spacial score (nSPS) is 18.2. The first-order valence-corrected chi connectivity index (χ1v) is 8.20. The standard InChI is InChI=1S/C18H23N3O2/c1-3-20-10-8-19-17(20)15-5-4-9-21(12-15)18(23)14-6-7-16(22)13(2)11-14/h6-8,10-11,15,22H,3-5,9,12H2,1-2H3/t15-/m0/s1. The molecule has 0 aliphatic carbocycles. The van der Waals surface area contributed by atoms with Gasteiger partial charge in [-0.3, -0.25) is 4.79 Å². The summed E-state index contributed by atoms with van der Waals surface area (Å²) in [5, 5.41) is 9.62. The lowest BCUT2D eigenvalue weighted by atomic mass is 9.96. The quantitative estimate of drug-likeness (QED) is 0.948. The molecular formula is C18H23N3O2. The van der Waals surface area contributed by atoms with E-state index in [9.17, 15) is 9.90 Å². The van der Waals surface area contributed by atoms with E-state index in [1.54, 1.807) is 18.2 Å². The van der Waals surface area contributed by atoms with Crippen molar-refractivity contribution in [2.24, 2.45) is 0 Å². The first kappa shape index (κ1) is 15.6. The molecule has 1 N–H and O–H groups in total. The van der Waals surface area contributed by atoms with E-state index in [1.165, 1.54) is 0 Å². The maximum Gasteiger partial charge on any atom is 0.253 e. The van der Waals surface area contributed by atoms with Crippen molar-refractivity contribution in [3.63, 3.8) is 0 Å². The van der Waals surface area contributed by atoms with Crippen molar-refractivity contribution in [3.8, 4) is 5.75 Å². The van der Waals surface area contributed by atoms with E-state index < -0.39 is 0 Å². The molecule has 1 aromatic heterocycles. The van der Waals surface area contributed by atoms with Crippen LogP contribution in [0.3, 0.4) is 0 Å². The number of imidazole rings is 1. The van der Waals surface area contributed by atoms with Crippen LogP contribution < -0.4 is 0 Å². The molecule has 5 heteroatoms. The van der Waals surface area contributed by atoms with Crippen molar-refractivity contribution in [2.45, 2.75) is 39.2 Å². The fraction of sp³-hybridized carbons (Fsp3) is 0.444. The molecule has 122 valence electrons. The van der Waals surface area contributed by atoms with E-state index in [4.69, 9.17) is 0 Å². The van der Waals surface area contributed by atoms with Crippen LogP contribution >= 0.6 is 0 Å². The van der Waals surface area contributed by atoms with E-state index in [0.29, 0.717) is 18.0 Å². The summed E-state index contributed by atoms with van der Waals surface area (Å²) in [6.07, 6.45) is 5.89. The van der Waals surface area contributed by atoms with E-state index in [-0.39, 0.29) is 11.7 Å². The number of piperidine rings is 1. The van der Waals surface area contributed by atoms with Crippen molar-refractivity contribution < 1.29 is 9.90 Å². The van der Waals surface area contributed by atoms with Gasteiger partial charge in [0.15, 0.2) is 0 Å². The Kier molecular flexibility index (Phi) is 4.37. The molecule has 23 heavy (non-hydrogen) atoms. The number of aromatic nitrogens is 2. The third-order valence-electron chi connectivity index (χ3n) is 4.61. The van der Waals surface area contributed by atoms with Gasteiger partial charge in [0.25, 0.3) is 5.91 Å². The van der Waals surface area contributed by atoms with Gasteiger partial charge in [-0.05, 0) is 50.5 Å². The summed E-state index contributed by atoms with van der Waals surface area (Å²) in [5.41, 5.74) is 1.37. The topological polar surface area (TPSA) is 58.4 Å². The molecule has 0 unspecified atom stereocenters. The zero-order chi connectivity index (χ0) is 16.4. The molecular weight excluding hydrogens is 290 g/mol. The summed E-state index contributed by atoms with van der Waals surface area (Å²) in [7, 11) is 0. The maximum absolute atomic E-state index is 12.7. The highest BCUT2D eigenvalue weighted by Crippen LogP contribution is 2.27. The predicted molar refractivity (Wildman–Crippen MR) is 88.6 cm³/mol. The Hall–Kier alpha value is -2.30. The summed E-state index contributed by atoms with van der Waals surface area (Å²) in [6.45, 7) is 6.30. The number of amides is 1. The molecule has 2 aromatic rings. The van der Waals surface area contributed by atoms with Crippen molar-refractivity contribution >= 4 is 5.91 Å². The van der Waals surface area contributed by atoms with Gasteiger partial charge in [-0.15, -0.1) is 0 Å². The van der Waals surface area contributed by atoms with E-state index >= 15 is 0 Å². The number of rotatable bonds is 3. The second kappa shape index (κ2) is 6.44. The zero-order valence-corrected chi connectivity index (χ0v) is 13.7. The molecule has 1 saturated heterocycles. The Balaban J connectivity index is 1.78. The number of hydrogen-bond acceptors (Lipinski definition) is 3. The number of carbonyl (C=O) groups is 1. The average molecular weight is 313 g/mol. The van der Waals surface area contributed by atoms with E-state index in [1.807, 2.05) is 24.2 Å². The Labute approximate surface area is 136 Å². The van der Waals surface area contributed by atoms with Gasteiger partial charge in [0.05, 0.1) is 0 Å². The van der Waals surface area contributed by atoms with E-state index in [0.717, 1.165) is 37.3 Å². The molecule has 3 rings (SSSR count). The second-order valence-corrected chi connectivity index (χ2v) is 6.16. The summed E-state index contributed by atoms with van der Waals surface area (Å²) in [6, 6.07) is 5.04. The Morgan fingerprint density at radius 1 is 1.43 bits per heavy atom. The molecule has 0 radical (unpaired) electrons. The van der Waals surface area contributed by atoms with Gasteiger partial charge in [0, 0.05) is 43.5 Å². The van der Waals surface area contributed by atoms with Crippen molar-refractivity contribution in [1.82, 2.24) is 14.5 Å². The SMILES string of the molecule is CCn1ccnc1[C@H]1CCCN(C(=O)c2ccc(O)c(C)c2)C1. The predicted octanol–water partition coefficient (Wildman–Crippen LogP) is 2.94. The molecule has 0 spiro atoms. The van der Waals surface area contributed by atoms with Gasteiger partial charge in [-0.25, -0.2) is 4.98 Å². The van der Waals surface area contributed by atoms with Crippen LogP contribution in [0.2, 0.25) is 0 Å². The average Bonchev–Trinajstić information content (AvgIpc) is 3.05. The number of benzene rings is 1. The molecule has 1 fully saturated rings. The van der Waals surface area contributed by atoms with Crippen LogP contribution in [0, 0.1) is 6.92 Å². The van der Waals surface area contributed by atoms with Crippen LogP contribution in [-0.4, -0.2) is 38.6 Å². The molecule has 2 heterocycles. The summed E-state index contributed by atoms with van der Waals surface area (Å²) >= 11 is 0. The van der Waals surface area contributed by atoms with Crippen molar-refractivity contribution in [2.75, 3.05) is 13.1 Å². The highest BCUT2D eigenvalue weighted by Gasteiger charge is 2.27. The molecule has 1 aliphatic rings. The molecule has 1 atom stereocenters. The zero-order valence-electron chi connectivity index (χ0n) is 13.7. The minimum atomic E-state index is 0.0346. The summed E-state index contributed by atoms with van der Waals surface area (Å²) < 4.78 is 2.16. The minimum absolute atomic E-state index is 0.0346. The molecule has 1 aliphatic heterocycles. The van der Waals surface area contributed by atoms with Gasteiger partial charge < -0.3 is 14.6 Å². The molecule has 1 aromatic carbocycles. The Morgan fingerprint density at radius 3 is 3.00 bits per heavy atom. The Bertz CT molecular complexity index is 708. The summed E-state index contributed by atoms with van der Waals surface area (Å²) in [5.74, 6) is 1.63. The number of nitrogens with zero attached hydrogens (tertiary/aromatic N) is 3. The Morgan fingerprint density at radius 2 is 2.26 bits per heavy atom. The number of carbonyl (C=O) groups excluding carboxylic acids is 1. The van der Waals surface area contributed by atoms with Crippen LogP contribution in [0.15, 0.2) is 30.6 Å². The fourth-order valence-electron chi connectivity index (χ4n) is 3.29. The second-order valence-electron chi connectivity index (χ2n) is 6.16. The molecule has 0 saturated carbocycles. The number of phenolic OH excluding ortho intramolecular Hbond substituents is 1. The number of aryl methyl sites for hydroxylation is 2.